The van der Waals surface area contributed by atoms with Crippen LogP contribution in [0.2, 0.25) is 0 Å². The van der Waals surface area contributed by atoms with Crippen molar-refractivity contribution in [3.05, 3.63) is 29.8 Å². The zero-order valence-electron chi connectivity index (χ0n) is 7.61. The quantitative estimate of drug-likeness (QED) is 0.780. The van der Waals surface area contributed by atoms with Crippen LogP contribution in [0.3, 0.4) is 0 Å². The van der Waals surface area contributed by atoms with Gasteiger partial charge in [-0.1, -0.05) is 6.07 Å². The van der Waals surface area contributed by atoms with Crippen LogP contribution in [0, 0.1) is 11.6 Å². The largest absolute Gasteiger partial charge is 0.485 e. The molecule has 0 aliphatic rings. The van der Waals surface area contributed by atoms with Crippen LogP contribution in [-0.4, -0.2) is 23.7 Å². The molecule has 1 aromatic rings. The van der Waals surface area contributed by atoms with E-state index in [1.165, 1.54) is 6.07 Å². The van der Waals surface area contributed by atoms with Crippen molar-refractivity contribution in [3.8, 4) is 5.75 Å². The van der Waals surface area contributed by atoms with E-state index in [0.29, 0.717) is 0 Å². The average Bonchev–Trinajstić information content (AvgIpc) is 2.16. The highest BCUT2D eigenvalue weighted by Gasteiger charge is 2.15. The molecule has 0 aliphatic carbocycles. The number of rotatable bonds is 4. The average molecular weight is 217 g/mol. The van der Waals surface area contributed by atoms with Gasteiger partial charge in [0.2, 0.25) is 0 Å². The number of benzene rings is 1. The number of carbonyl (C=O) groups is 1. The molecule has 0 saturated carbocycles. The lowest BCUT2D eigenvalue weighted by atomic mass is 10.3. The number of nitrogens with two attached hydrogens (primary N) is 1. The zero-order valence-corrected chi connectivity index (χ0v) is 7.61. The minimum Gasteiger partial charge on any atom is -0.485 e. The highest BCUT2D eigenvalue weighted by Crippen LogP contribution is 2.20. The molecule has 0 bridgehead atoms. The van der Waals surface area contributed by atoms with Crippen molar-refractivity contribution in [1.29, 1.82) is 0 Å². The summed E-state index contributed by atoms with van der Waals surface area (Å²) in [6, 6.07) is 1.87. The fourth-order valence-corrected chi connectivity index (χ4v) is 0.865. The van der Waals surface area contributed by atoms with Crippen LogP contribution in [0.5, 0.6) is 5.75 Å². The molecule has 1 rings (SSSR count). The second kappa shape index (κ2) is 4.70. The molecule has 1 aromatic carbocycles. The Morgan fingerprint density at radius 3 is 2.47 bits per heavy atom. The van der Waals surface area contributed by atoms with Crippen LogP contribution in [0.1, 0.15) is 0 Å². The summed E-state index contributed by atoms with van der Waals surface area (Å²) in [6.07, 6.45) is 0. The lowest BCUT2D eigenvalue weighted by Crippen LogP contribution is -2.36. The molecule has 0 saturated heterocycles. The van der Waals surface area contributed by atoms with E-state index in [-0.39, 0.29) is 0 Å². The lowest BCUT2D eigenvalue weighted by molar-refractivity contribution is -0.139. The first-order valence-electron chi connectivity index (χ1n) is 4.07. The summed E-state index contributed by atoms with van der Waals surface area (Å²) >= 11 is 0. The van der Waals surface area contributed by atoms with Gasteiger partial charge >= 0.3 is 5.97 Å². The van der Waals surface area contributed by atoms with Crippen LogP contribution < -0.4 is 10.5 Å². The van der Waals surface area contributed by atoms with E-state index < -0.39 is 36.0 Å². The maximum atomic E-state index is 12.9. The Morgan fingerprint density at radius 1 is 1.47 bits per heavy atom. The van der Waals surface area contributed by atoms with Crippen LogP contribution in [0.25, 0.3) is 0 Å². The molecule has 0 heterocycles. The Balaban J connectivity index is 2.69. The third-order valence-electron chi connectivity index (χ3n) is 1.64. The number of hydrogen-bond donors (Lipinski definition) is 2. The summed E-state index contributed by atoms with van der Waals surface area (Å²) in [7, 11) is 0. The van der Waals surface area contributed by atoms with E-state index in [4.69, 9.17) is 10.8 Å². The molecule has 82 valence electrons. The number of carboxylic acid groups (broad SMARTS) is 1. The Bertz CT molecular complexity index is 350. The minimum absolute atomic E-state index is 0.493. The number of ether oxygens (including phenoxy) is 1. The first-order valence-corrected chi connectivity index (χ1v) is 4.07. The van der Waals surface area contributed by atoms with Crippen molar-refractivity contribution < 1.29 is 23.4 Å². The van der Waals surface area contributed by atoms with E-state index in [0.717, 1.165) is 12.1 Å². The number of hydrogen-bond acceptors (Lipinski definition) is 3. The molecule has 0 radical (unpaired) electrons. The van der Waals surface area contributed by atoms with Crippen molar-refractivity contribution in [1.82, 2.24) is 0 Å². The SMILES string of the molecule is NC(COc1c(F)cccc1F)C(=O)O. The van der Waals surface area contributed by atoms with Crippen molar-refractivity contribution in [3.63, 3.8) is 0 Å². The molecule has 0 amide bonds. The summed E-state index contributed by atoms with van der Waals surface area (Å²) in [5.41, 5.74) is 5.10. The first kappa shape index (κ1) is 11.4. The predicted molar refractivity (Wildman–Crippen MR) is 47.5 cm³/mol. The predicted octanol–water partition coefficient (Wildman–Crippen LogP) is 0.756. The zero-order chi connectivity index (χ0) is 11.4. The van der Waals surface area contributed by atoms with Gasteiger partial charge in [0.15, 0.2) is 17.4 Å². The van der Waals surface area contributed by atoms with Crippen molar-refractivity contribution in [2.45, 2.75) is 6.04 Å². The van der Waals surface area contributed by atoms with Crippen LogP contribution in [-0.2, 0) is 4.79 Å². The molecule has 0 aromatic heterocycles. The summed E-state index contributed by atoms with van der Waals surface area (Å²) < 4.78 is 30.5. The Morgan fingerprint density at radius 2 is 2.00 bits per heavy atom. The van der Waals surface area contributed by atoms with Gasteiger partial charge in [0.1, 0.15) is 12.6 Å². The topological polar surface area (TPSA) is 72.5 Å². The van der Waals surface area contributed by atoms with Crippen molar-refractivity contribution in [2.24, 2.45) is 5.73 Å². The molecule has 1 atom stereocenters. The Hall–Kier alpha value is -1.69. The van der Waals surface area contributed by atoms with E-state index in [1.54, 1.807) is 0 Å². The minimum atomic E-state index is -1.32. The molecular formula is C9H9F2NO3. The highest BCUT2D eigenvalue weighted by molar-refractivity contribution is 5.73. The second-order valence-electron chi connectivity index (χ2n) is 2.81. The van der Waals surface area contributed by atoms with Gasteiger partial charge in [0, 0.05) is 0 Å². The molecule has 3 N–H and O–H groups in total. The smallest absolute Gasteiger partial charge is 0.324 e. The molecule has 0 aliphatic heterocycles. The number of para-hydroxylation sites is 1. The van der Waals surface area contributed by atoms with Gasteiger partial charge in [0.25, 0.3) is 0 Å². The maximum Gasteiger partial charge on any atom is 0.324 e. The molecular weight excluding hydrogens is 208 g/mol. The maximum absolute atomic E-state index is 12.9. The van der Waals surface area contributed by atoms with E-state index in [2.05, 4.69) is 4.74 Å². The second-order valence-corrected chi connectivity index (χ2v) is 2.81. The fraction of sp³-hybridized carbons (Fsp3) is 0.222. The molecule has 1 unspecified atom stereocenters. The molecule has 15 heavy (non-hydrogen) atoms. The van der Waals surface area contributed by atoms with E-state index in [9.17, 15) is 13.6 Å². The standard InChI is InChI=1S/C9H9F2NO3/c10-5-2-1-3-6(11)8(5)15-4-7(12)9(13)14/h1-3,7H,4,12H2,(H,13,14). The molecule has 6 heteroatoms. The summed E-state index contributed by atoms with van der Waals surface area (Å²) in [4.78, 5) is 10.3. The van der Waals surface area contributed by atoms with Gasteiger partial charge in [0.05, 0.1) is 0 Å². The van der Waals surface area contributed by atoms with Gasteiger partial charge < -0.3 is 15.6 Å². The highest BCUT2D eigenvalue weighted by atomic mass is 19.1. The van der Waals surface area contributed by atoms with Gasteiger partial charge in [-0.2, -0.15) is 0 Å². The normalized spacial score (nSPS) is 12.2. The van der Waals surface area contributed by atoms with Crippen molar-refractivity contribution in [2.75, 3.05) is 6.61 Å². The third-order valence-corrected chi connectivity index (χ3v) is 1.64. The lowest BCUT2D eigenvalue weighted by Gasteiger charge is -2.10. The first-order chi connectivity index (χ1) is 7.02. The van der Waals surface area contributed by atoms with E-state index in [1.807, 2.05) is 0 Å². The third kappa shape index (κ3) is 2.88. The monoisotopic (exact) mass is 217 g/mol. The van der Waals surface area contributed by atoms with Gasteiger partial charge in [-0.05, 0) is 12.1 Å². The van der Waals surface area contributed by atoms with Gasteiger partial charge in [-0.25, -0.2) is 8.78 Å². The Labute approximate surface area is 84.3 Å². The van der Waals surface area contributed by atoms with Crippen LogP contribution >= 0.6 is 0 Å². The number of aliphatic carboxylic acids is 1. The van der Waals surface area contributed by atoms with Crippen molar-refractivity contribution >= 4 is 5.97 Å². The van der Waals surface area contributed by atoms with Gasteiger partial charge in [-0.3, -0.25) is 4.79 Å². The molecule has 0 spiro atoms. The van der Waals surface area contributed by atoms with Gasteiger partial charge in [-0.15, -0.1) is 0 Å². The molecule has 4 nitrogen and oxygen atoms in total. The number of halogens is 2. The van der Waals surface area contributed by atoms with E-state index >= 15 is 0 Å². The Kier molecular flexibility index (Phi) is 3.56. The van der Waals surface area contributed by atoms with Crippen LogP contribution in [0.15, 0.2) is 18.2 Å². The number of carboxylic acids is 1. The molecule has 0 fully saturated rings. The summed E-state index contributed by atoms with van der Waals surface area (Å²) in [6.45, 7) is -0.493. The summed E-state index contributed by atoms with van der Waals surface area (Å²) in [5.74, 6) is -3.71. The van der Waals surface area contributed by atoms with Crippen LogP contribution in [0.4, 0.5) is 8.78 Å². The summed E-state index contributed by atoms with van der Waals surface area (Å²) in [5, 5.41) is 8.41. The fourth-order valence-electron chi connectivity index (χ4n) is 0.865.